The third-order valence-electron chi connectivity index (χ3n) is 3.52. The monoisotopic (exact) mass is 409 g/mol. The molecule has 0 aliphatic carbocycles. The van der Waals surface area contributed by atoms with E-state index in [2.05, 4.69) is 15.0 Å². The fourth-order valence-corrected chi connectivity index (χ4v) is 3.45. The predicted molar refractivity (Wildman–Crippen MR) is 101 cm³/mol. The van der Waals surface area contributed by atoms with Crippen LogP contribution >= 0.6 is 23.3 Å². The number of carbonyl (C=O) groups excluding carboxylic acids is 1. The minimum Gasteiger partial charge on any atom is -0.348 e. The molecular formula is C18H14F3N3OS2. The Balaban J connectivity index is 1.57. The summed E-state index contributed by atoms with van der Waals surface area (Å²) < 4.78 is 40.8. The lowest BCUT2D eigenvalue weighted by Gasteiger charge is -2.09. The Kier molecular flexibility index (Phi) is 6.02. The molecule has 2 aromatic carbocycles. The third kappa shape index (κ3) is 5.48. The van der Waals surface area contributed by atoms with Crippen molar-refractivity contribution in [1.82, 2.24) is 10.3 Å². The summed E-state index contributed by atoms with van der Waals surface area (Å²) in [6, 6.07) is 11.7. The van der Waals surface area contributed by atoms with Gasteiger partial charge in [0.25, 0.3) is 5.91 Å². The minimum atomic E-state index is -4.37. The number of halogens is 3. The van der Waals surface area contributed by atoms with E-state index < -0.39 is 11.7 Å². The second-order valence-corrected chi connectivity index (χ2v) is 7.22. The summed E-state index contributed by atoms with van der Waals surface area (Å²) in [4.78, 5) is 17.2. The average molecular weight is 409 g/mol. The Morgan fingerprint density at radius 2 is 1.93 bits per heavy atom. The van der Waals surface area contributed by atoms with Gasteiger partial charge in [0.2, 0.25) is 0 Å². The first-order valence-corrected chi connectivity index (χ1v) is 9.48. The molecule has 0 spiro atoms. The number of carbonyl (C=O) groups is 1. The quantitative estimate of drug-likeness (QED) is 0.549. The zero-order valence-electron chi connectivity index (χ0n) is 13.8. The van der Waals surface area contributed by atoms with Gasteiger partial charge < -0.3 is 10.0 Å². The number of anilines is 1. The number of amides is 1. The molecule has 3 aromatic rings. The molecule has 0 atom stereocenters. The molecule has 0 unspecified atom stereocenters. The first kappa shape index (κ1) is 19.2. The number of rotatable bonds is 6. The summed E-state index contributed by atoms with van der Waals surface area (Å²) in [5.41, 5.74) is 0.343. The predicted octanol–water partition coefficient (Wildman–Crippen LogP) is 5.21. The summed E-state index contributed by atoms with van der Waals surface area (Å²) in [7, 11) is 0. The van der Waals surface area contributed by atoms with Crippen molar-refractivity contribution in [1.29, 1.82) is 0 Å². The molecule has 0 aliphatic heterocycles. The van der Waals surface area contributed by atoms with Gasteiger partial charge in [0.05, 0.1) is 5.56 Å². The highest BCUT2D eigenvalue weighted by Gasteiger charge is 2.29. The maximum absolute atomic E-state index is 12.6. The van der Waals surface area contributed by atoms with Crippen LogP contribution in [0.1, 0.15) is 21.5 Å². The Morgan fingerprint density at radius 3 is 2.59 bits per heavy atom. The fraction of sp³-hybridized carbons (Fsp3) is 0.111. The maximum Gasteiger partial charge on any atom is 0.416 e. The first-order chi connectivity index (χ1) is 12.9. The van der Waals surface area contributed by atoms with Crippen molar-refractivity contribution in [3.63, 3.8) is 0 Å². The molecule has 0 bridgehead atoms. The summed E-state index contributed by atoms with van der Waals surface area (Å²) in [6.45, 7) is 0.145. The van der Waals surface area contributed by atoms with Crippen LogP contribution < -0.4 is 10.0 Å². The molecule has 1 aromatic heterocycles. The molecule has 9 heteroatoms. The van der Waals surface area contributed by atoms with Crippen molar-refractivity contribution in [3.8, 4) is 0 Å². The number of nitrogens with one attached hydrogen (secondary N) is 2. The number of benzene rings is 2. The van der Waals surface area contributed by atoms with E-state index in [1.54, 1.807) is 24.4 Å². The van der Waals surface area contributed by atoms with Crippen molar-refractivity contribution >= 4 is 34.3 Å². The van der Waals surface area contributed by atoms with E-state index in [1.807, 2.05) is 11.4 Å². The molecule has 0 fully saturated rings. The summed E-state index contributed by atoms with van der Waals surface area (Å²) in [5.74, 6) is -0.299. The van der Waals surface area contributed by atoms with Crippen LogP contribution in [0.5, 0.6) is 0 Å². The van der Waals surface area contributed by atoms with E-state index in [0.717, 1.165) is 22.2 Å². The number of thiazole rings is 1. The normalized spacial score (nSPS) is 11.2. The van der Waals surface area contributed by atoms with E-state index in [4.69, 9.17) is 0 Å². The minimum absolute atomic E-state index is 0.145. The topological polar surface area (TPSA) is 54.0 Å². The van der Waals surface area contributed by atoms with Gasteiger partial charge in [-0.15, -0.1) is 11.3 Å². The molecule has 0 saturated carbocycles. The number of hydrogen-bond acceptors (Lipinski definition) is 5. The van der Waals surface area contributed by atoms with Gasteiger partial charge in [-0.2, -0.15) is 13.2 Å². The molecule has 1 heterocycles. The van der Waals surface area contributed by atoms with Crippen molar-refractivity contribution in [2.75, 3.05) is 4.72 Å². The van der Waals surface area contributed by atoms with Crippen LogP contribution in [0.15, 0.2) is 65.0 Å². The second-order valence-electron chi connectivity index (χ2n) is 5.45. The van der Waals surface area contributed by atoms with Crippen molar-refractivity contribution in [2.24, 2.45) is 0 Å². The smallest absolute Gasteiger partial charge is 0.348 e. The Hall–Kier alpha value is -2.52. The Labute approximate surface area is 162 Å². The van der Waals surface area contributed by atoms with E-state index in [1.165, 1.54) is 35.4 Å². The molecule has 2 N–H and O–H groups in total. The molecular weight excluding hydrogens is 395 g/mol. The van der Waals surface area contributed by atoms with Crippen LogP contribution in [0.4, 0.5) is 18.3 Å². The lowest BCUT2D eigenvalue weighted by atomic mass is 10.1. The summed E-state index contributed by atoms with van der Waals surface area (Å²) in [5, 5.41) is 5.33. The lowest BCUT2D eigenvalue weighted by molar-refractivity contribution is -0.137. The maximum atomic E-state index is 12.6. The van der Waals surface area contributed by atoms with Gasteiger partial charge in [-0.3, -0.25) is 4.79 Å². The van der Waals surface area contributed by atoms with Gasteiger partial charge >= 0.3 is 6.18 Å². The van der Waals surface area contributed by atoms with Crippen LogP contribution in [0.25, 0.3) is 0 Å². The van der Waals surface area contributed by atoms with E-state index in [-0.39, 0.29) is 12.5 Å². The van der Waals surface area contributed by atoms with Crippen LogP contribution in [0, 0.1) is 0 Å². The number of aromatic nitrogens is 1. The lowest BCUT2D eigenvalue weighted by Crippen LogP contribution is -2.22. The van der Waals surface area contributed by atoms with Crippen LogP contribution in [0.3, 0.4) is 0 Å². The molecule has 4 nitrogen and oxygen atoms in total. The van der Waals surface area contributed by atoms with Gasteiger partial charge in [-0.25, -0.2) is 4.98 Å². The number of alkyl halides is 3. The van der Waals surface area contributed by atoms with E-state index in [0.29, 0.717) is 11.1 Å². The molecule has 1 amide bonds. The first-order valence-electron chi connectivity index (χ1n) is 7.78. The van der Waals surface area contributed by atoms with Gasteiger partial charge in [-0.1, -0.05) is 18.2 Å². The second kappa shape index (κ2) is 8.45. The zero-order valence-corrected chi connectivity index (χ0v) is 15.4. The van der Waals surface area contributed by atoms with Crippen LogP contribution in [-0.2, 0) is 12.7 Å². The molecule has 0 aliphatic rings. The van der Waals surface area contributed by atoms with Gasteiger partial charge in [0.15, 0.2) is 5.13 Å². The van der Waals surface area contributed by atoms with Gasteiger partial charge in [0.1, 0.15) is 0 Å². The molecule has 140 valence electrons. The highest BCUT2D eigenvalue weighted by atomic mass is 32.2. The van der Waals surface area contributed by atoms with Gasteiger partial charge in [-0.05, 0) is 47.8 Å². The van der Waals surface area contributed by atoms with Crippen molar-refractivity contribution in [3.05, 3.63) is 76.8 Å². The highest BCUT2D eigenvalue weighted by Crippen LogP contribution is 2.29. The van der Waals surface area contributed by atoms with Crippen LogP contribution in [-0.4, -0.2) is 10.9 Å². The molecule has 3 rings (SSSR count). The largest absolute Gasteiger partial charge is 0.416 e. The highest BCUT2D eigenvalue weighted by molar-refractivity contribution is 8.00. The molecule has 0 saturated heterocycles. The fourth-order valence-electron chi connectivity index (χ4n) is 2.17. The van der Waals surface area contributed by atoms with E-state index >= 15 is 0 Å². The third-order valence-corrected chi connectivity index (χ3v) is 5.12. The Morgan fingerprint density at radius 1 is 1.15 bits per heavy atom. The summed E-state index contributed by atoms with van der Waals surface area (Å²) in [6.07, 6.45) is -2.68. The van der Waals surface area contributed by atoms with E-state index in [9.17, 15) is 18.0 Å². The molecule has 0 radical (unpaired) electrons. The number of nitrogens with zero attached hydrogens (tertiary/aromatic N) is 1. The van der Waals surface area contributed by atoms with Crippen molar-refractivity contribution in [2.45, 2.75) is 17.6 Å². The summed E-state index contributed by atoms with van der Waals surface area (Å²) >= 11 is 2.81. The Bertz CT molecular complexity index is 897. The van der Waals surface area contributed by atoms with Gasteiger partial charge in [0, 0.05) is 28.6 Å². The standard InChI is InChI=1S/C18H14F3N3OS2/c19-18(20,21)14-6-4-12(5-7-14)11-23-16(25)13-2-1-3-15(10-13)27-24-17-22-8-9-26-17/h1-10H,11H2,(H,22,24)(H,23,25). The SMILES string of the molecule is O=C(NCc1ccc(C(F)(F)F)cc1)c1cccc(SNc2nccs2)c1. The van der Waals surface area contributed by atoms with Crippen molar-refractivity contribution < 1.29 is 18.0 Å². The van der Waals surface area contributed by atoms with Crippen LogP contribution in [0.2, 0.25) is 0 Å². The molecule has 27 heavy (non-hydrogen) atoms. The zero-order chi connectivity index (χ0) is 19.3. The number of hydrogen-bond donors (Lipinski definition) is 2. The average Bonchev–Trinajstić information content (AvgIpc) is 3.18.